The first kappa shape index (κ1) is 13.1. The SMILES string of the molecule is Cc1ccc(F)c(C(=O)N[C@H](C)C(=O)O)c1F. The molecule has 1 atom stereocenters. The number of aryl methyl sites for hydroxylation is 1. The van der Waals surface area contributed by atoms with Crippen molar-refractivity contribution in [1.82, 2.24) is 5.32 Å². The van der Waals surface area contributed by atoms with Crippen LogP contribution >= 0.6 is 0 Å². The van der Waals surface area contributed by atoms with Gasteiger partial charge >= 0.3 is 5.97 Å². The molecule has 0 radical (unpaired) electrons. The summed E-state index contributed by atoms with van der Waals surface area (Å²) >= 11 is 0. The molecule has 4 nitrogen and oxygen atoms in total. The van der Waals surface area contributed by atoms with Gasteiger partial charge < -0.3 is 10.4 Å². The van der Waals surface area contributed by atoms with Crippen molar-refractivity contribution in [3.63, 3.8) is 0 Å². The summed E-state index contributed by atoms with van der Waals surface area (Å²) in [5, 5.41) is 10.6. The van der Waals surface area contributed by atoms with E-state index in [-0.39, 0.29) is 5.56 Å². The Morgan fingerprint density at radius 1 is 1.35 bits per heavy atom. The number of carbonyl (C=O) groups excluding carboxylic acids is 1. The molecule has 0 spiro atoms. The summed E-state index contributed by atoms with van der Waals surface area (Å²) in [5.74, 6) is -4.38. The van der Waals surface area contributed by atoms with Crippen LogP contribution in [-0.2, 0) is 4.79 Å². The maximum atomic E-state index is 13.5. The lowest BCUT2D eigenvalue weighted by molar-refractivity contribution is -0.138. The van der Waals surface area contributed by atoms with Gasteiger partial charge in [0.05, 0.1) is 0 Å². The fourth-order valence-electron chi connectivity index (χ4n) is 1.20. The molecule has 0 saturated carbocycles. The van der Waals surface area contributed by atoms with Crippen molar-refractivity contribution in [2.75, 3.05) is 0 Å². The Labute approximate surface area is 96.3 Å². The molecule has 0 saturated heterocycles. The summed E-state index contributed by atoms with van der Waals surface area (Å²) in [5.41, 5.74) is -0.655. The molecular formula is C11H11F2NO3. The highest BCUT2D eigenvalue weighted by Gasteiger charge is 2.22. The number of hydrogen-bond donors (Lipinski definition) is 2. The van der Waals surface area contributed by atoms with E-state index in [1.807, 2.05) is 5.32 Å². The van der Waals surface area contributed by atoms with Crippen molar-refractivity contribution in [2.24, 2.45) is 0 Å². The number of carbonyl (C=O) groups is 2. The summed E-state index contributed by atoms with van der Waals surface area (Å²) in [6, 6.07) is 0.933. The van der Waals surface area contributed by atoms with Crippen LogP contribution in [0.15, 0.2) is 12.1 Å². The molecule has 1 aromatic rings. The van der Waals surface area contributed by atoms with Crippen LogP contribution in [0.1, 0.15) is 22.8 Å². The molecule has 1 amide bonds. The maximum absolute atomic E-state index is 13.5. The van der Waals surface area contributed by atoms with Crippen molar-refractivity contribution in [2.45, 2.75) is 19.9 Å². The number of rotatable bonds is 3. The minimum atomic E-state index is -1.29. The van der Waals surface area contributed by atoms with Crippen molar-refractivity contribution in [3.8, 4) is 0 Å². The number of halogens is 2. The van der Waals surface area contributed by atoms with Gasteiger partial charge in [-0.1, -0.05) is 6.07 Å². The van der Waals surface area contributed by atoms with E-state index >= 15 is 0 Å². The first-order valence-corrected chi connectivity index (χ1v) is 4.83. The normalized spacial score (nSPS) is 12.0. The van der Waals surface area contributed by atoms with E-state index < -0.39 is 35.1 Å². The molecular weight excluding hydrogens is 232 g/mol. The van der Waals surface area contributed by atoms with Crippen molar-refractivity contribution in [1.29, 1.82) is 0 Å². The molecule has 0 unspecified atom stereocenters. The van der Waals surface area contributed by atoms with Crippen LogP contribution in [-0.4, -0.2) is 23.0 Å². The van der Waals surface area contributed by atoms with E-state index in [4.69, 9.17) is 5.11 Å². The summed E-state index contributed by atoms with van der Waals surface area (Å²) in [6.45, 7) is 2.58. The molecule has 1 aromatic carbocycles. The van der Waals surface area contributed by atoms with Gasteiger partial charge in [-0.2, -0.15) is 0 Å². The summed E-state index contributed by atoms with van der Waals surface area (Å²) in [7, 11) is 0. The van der Waals surface area contributed by atoms with Crippen LogP contribution in [0.3, 0.4) is 0 Å². The van der Waals surface area contributed by atoms with Crippen LogP contribution in [0.25, 0.3) is 0 Å². The van der Waals surface area contributed by atoms with Gasteiger partial charge in [0.2, 0.25) is 0 Å². The third-order valence-corrected chi connectivity index (χ3v) is 2.23. The zero-order valence-electron chi connectivity index (χ0n) is 9.25. The molecule has 1 rings (SSSR count). The number of aliphatic carboxylic acids is 1. The number of benzene rings is 1. The summed E-state index contributed by atoms with van der Waals surface area (Å²) in [6.07, 6.45) is 0. The van der Waals surface area contributed by atoms with E-state index in [2.05, 4.69) is 0 Å². The van der Waals surface area contributed by atoms with Gasteiger partial charge in [-0.25, -0.2) is 8.78 Å². The van der Waals surface area contributed by atoms with Crippen LogP contribution in [0.4, 0.5) is 8.78 Å². The molecule has 0 bridgehead atoms. The van der Waals surface area contributed by atoms with Crippen LogP contribution in [0.2, 0.25) is 0 Å². The van der Waals surface area contributed by atoms with E-state index in [9.17, 15) is 18.4 Å². The van der Waals surface area contributed by atoms with Crippen molar-refractivity contribution >= 4 is 11.9 Å². The first-order chi connectivity index (χ1) is 7.84. The molecule has 0 heterocycles. The average molecular weight is 243 g/mol. The Bertz CT molecular complexity index is 474. The van der Waals surface area contributed by atoms with E-state index in [1.54, 1.807) is 0 Å². The fraction of sp³-hybridized carbons (Fsp3) is 0.273. The quantitative estimate of drug-likeness (QED) is 0.844. The average Bonchev–Trinajstić information content (AvgIpc) is 2.24. The number of nitrogens with one attached hydrogen (secondary N) is 1. The van der Waals surface area contributed by atoms with E-state index in [0.29, 0.717) is 0 Å². The minimum absolute atomic E-state index is 0.111. The highest BCUT2D eigenvalue weighted by molar-refractivity contribution is 5.97. The van der Waals surface area contributed by atoms with Gasteiger partial charge in [0.15, 0.2) is 0 Å². The van der Waals surface area contributed by atoms with Gasteiger partial charge in [-0.3, -0.25) is 9.59 Å². The zero-order chi connectivity index (χ0) is 13.2. The Morgan fingerprint density at radius 3 is 2.47 bits per heavy atom. The Kier molecular flexibility index (Phi) is 3.77. The van der Waals surface area contributed by atoms with Crippen LogP contribution in [0.5, 0.6) is 0 Å². The lowest BCUT2D eigenvalue weighted by Gasteiger charge is -2.11. The Morgan fingerprint density at radius 2 is 1.94 bits per heavy atom. The van der Waals surface area contributed by atoms with E-state index in [0.717, 1.165) is 6.07 Å². The summed E-state index contributed by atoms with van der Waals surface area (Å²) in [4.78, 5) is 22.0. The molecule has 17 heavy (non-hydrogen) atoms. The number of hydrogen-bond acceptors (Lipinski definition) is 2. The molecule has 92 valence electrons. The van der Waals surface area contributed by atoms with Gasteiger partial charge in [-0.05, 0) is 25.5 Å². The maximum Gasteiger partial charge on any atom is 0.325 e. The highest BCUT2D eigenvalue weighted by Crippen LogP contribution is 2.16. The smallest absolute Gasteiger partial charge is 0.325 e. The third-order valence-electron chi connectivity index (χ3n) is 2.23. The highest BCUT2D eigenvalue weighted by atomic mass is 19.1. The Balaban J connectivity index is 3.05. The van der Waals surface area contributed by atoms with Gasteiger partial charge in [0.25, 0.3) is 5.91 Å². The predicted molar refractivity (Wildman–Crippen MR) is 55.7 cm³/mol. The first-order valence-electron chi connectivity index (χ1n) is 4.83. The third kappa shape index (κ3) is 2.77. The topological polar surface area (TPSA) is 66.4 Å². The van der Waals surface area contributed by atoms with Gasteiger partial charge in [0.1, 0.15) is 23.2 Å². The molecule has 2 N–H and O–H groups in total. The van der Waals surface area contributed by atoms with Gasteiger partial charge in [0, 0.05) is 0 Å². The fourth-order valence-corrected chi connectivity index (χ4v) is 1.20. The lowest BCUT2D eigenvalue weighted by Crippen LogP contribution is -2.39. The predicted octanol–water partition coefficient (Wildman–Crippen LogP) is 1.48. The molecule has 0 fully saturated rings. The van der Waals surface area contributed by atoms with Gasteiger partial charge in [-0.15, -0.1) is 0 Å². The molecule has 6 heteroatoms. The number of carboxylic acids is 1. The Hall–Kier alpha value is -1.98. The second-order valence-electron chi connectivity index (χ2n) is 3.59. The molecule has 0 aliphatic carbocycles. The van der Waals surface area contributed by atoms with Crippen molar-refractivity contribution in [3.05, 3.63) is 34.9 Å². The number of carboxylic acid groups (broad SMARTS) is 1. The standard InChI is InChI=1S/C11H11F2NO3/c1-5-3-4-7(12)8(9(5)13)10(15)14-6(2)11(16)17/h3-4,6H,1-2H3,(H,14,15)(H,16,17)/t6-/m1/s1. The number of amides is 1. The second-order valence-corrected chi connectivity index (χ2v) is 3.59. The monoisotopic (exact) mass is 243 g/mol. The van der Waals surface area contributed by atoms with Crippen LogP contribution < -0.4 is 5.32 Å². The zero-order valence-corrected chi connectivity index (χ0v) is 9.25. The van der Waals surface area contributed by atoms with Crippen molar-refractivity contribution < 1.29 is 23.5 Å². The van der Waals surface area contributed by atoms with Crippen LogP contribution in [0, 0.1) is 18.6 Å². The molecule has 0 aromatic heterocycles. The largest absolute Gasteiger partial charge is 0.480 e. The second kappa shape index (κ2) is 4.90. The minimum Gasteiger partial charge on any atom is -0.480 e. The molecule has 0 aliphatic rings. The van der Waals surface area contributed by atoms with E-state index in [1.165, 1.54) is 19.9 Å². The summed E-state index contributed by atoms with van der Waals surface area (Å²) < 4.78 is 26.8. The molecule has 0 aliphatic heterocycles. The lowest BCUT2D eigenvalue weighted by atomic mass is 10.1.